The molecule has 2 unspecified atom stereocenters. The number of aryl methyl sites for hydroxylation is 2. The van der Waals surface area contributed by atoms with Crippen molar-refractivity contribution in [3.05, 3.63) is 29.3 Å². The number of likely N-dealkylation sites (tertiary alicyclic amines) is 1. The molecule has 2 rings (SSSR count). The number of nitrogens with zero attached hydrogens (tertiary/aromatic N) is 1. The number of likely N-dealkylation sites (N-methyl/N-ethyl adjacent to an activating group) is 1. The molecule has 20 heavy (non-hydrogen) atoms. The lowest BCUT2D eigenvalue weighted by molar-refractivity contribution is 0.103. The standard InChI is InChI=1S/C16H26N2O2/c1-12-4-5-13(2)16(8-12)20-11-15(19)9-17-14-6-7-18(3)10-14/h4-5,8,14-15,17,19H,6-7,9-11H2,1-3H3. The highest BCUT2D eigenvalue weighted by Crippen LogP contribution is 2.19. The van der Waals surface area contributed by atoms with Crippen LogP contribution >= 0.6 is 0 Å². The van der Waals surface area contributed by atoms with Gasteiger partial charge < -0.3 is 20.1 Å². The number of rotatable bonds is 6. The van der Waals surface area contributed by atoms with Crippen molar-refractivity contribution in [3.63, 3.8) is 0 Å². The first-order valence-corrected chi connectivity index (χ1v) is 7.34. The van der Waals surface area contributed by atoms with E-state index in [1.165, 1.54) is 5.56 Å². The van der Waals surface area contributed by atoms with E-state index in [1.807, 2.05) is 26.0 Å². The SMILES string of the molecule is Cc1ccc(C)c(OCC(O)CNC2CCN(C)C2)c1. The van der Waals surface area contributed by atoms with Crippen molar-refractivity contribution in [3.8, 4) is 5.75 Å². The second-order valence-corrected chi connectivity index (χ2v) is 5.89. The fraction of sp³-hybridized carbons (Fsp3) is 0.625. The summed E-state index contributed by atoms with van der Waals surface area (Å²) < 4.78 is 5.72. The van der Waals surface area contributed by atoms with Gasteiger partial charge in [-0.25, -0.2) is 0 Å². The third-order valence-electron chi connectivity index (χ3n) is 3.81. The number of aliphatic hydroxyl groups is 1. The normalized spacial score (nSPS) is 21.1. The lowest BCUT2D eigenvalue weighted by Crippen LogP contribution is -2.39. The first kappa shape index (κ1) is 15.3. The topological polar surface area (TPSA) is 44.7 Å². The first-order valence-electron chi connectivity index (χ1n) is 7.34. The van der Waals surface area contributed by atoms with Crippen LogP contribution in [0.5, 0.6) is 5.75 Å². The minimum atomic E-state index is -0.471. The Morgan fingerprint density at radius 3 is 2.95 bits per heavy atom. The van der Waals surface area contributed by atoms with Crippen LogP contribution in [0.4, 0.5) is 0 Å². The zero-order valence-electron chi connectivity index (χ0n) is 12.7. The molecule has 0 bridgehead atoms. The van der Waals surface area contributed by atoms with Crippen molar-refractivity contribution >= 4 is 0 Å². The van der Waals surface area contributed by atoms with Crippen molar-refractivity contribution in [1.82, 2.24) is 10.2 Å². The minimum absolute atomic E-state index is 0.333. The molecule has 112 valence electrons. The predicted octanol–water partition coefficient (Wildman–Crippen LogP) is 1.34. The van der Waals surface area contributed by atoms with Gasteiger partial charge in [0.25, 0.3) is 0 Å². The van der Waals surface area contributed by atoms with Crippen LogP contribution in [0.25, 0.3) is 0 Å². The van der Waals surface area contributed by atoms with Crippen LogP contribution in [0.15, 0.2) is 18.2 Å². The van der Waals surface area contributed by atoms with E-state index < -0.39 is 6.10 Å². The van der Waals surface area contributed by atoms with Crippen molar-refractivity contribution in [2.45, 2.75) is 32.4 Å². The molecule has 2 N–H and O–H groups in total. The van der Waals surface area contributed by atoms with Crippen molar-refractivity contribution in [2.75, 3.05) is 33.3 Å². The van der Waals surface area contributed by atoms with Crippen molar-refractivity contribution in [2.24, 2.45) is 0 Å². The molecule has 2 atom stereocenters. The van der Waals surface area contributed by atoms with Gasteiger partial charge >= 0.3 is 0 Å². The molecule has 0 aliphatic carbocycles. The molecule has 1 aromatic rings. The Bertz CT molecular complexity index is 436. The van der Waals surface area contributed by atoms with Crippen LogP contribution in [0, 0.1) is 13.8 Å². The number of nitrogens with one attached hydrogen (secondary N) is 1. The molecule has 1 aromatic carbocycles. The van der Waals surface area contributed by atoms with Crippen molar-refractivity contribution < 1.29 is 9.84 Å². The molecule has 1 aliphatic rings. The van der Waals surface area contributed by atoms with E-state index in [9.17, 15) is 5.11 Å². The molecule has 0 radical (unpaired) electrons. The molecular weight excluding hydrogens is 252 g/mol. The summed E-state index contributed by atoms with van der Waals surface area (Å²) in [6, 6.07) is 6.62. The Balaban J connectivity index is 1.72. The zero-order chi connectivity index (χ0) is 14.5. The Morgan fingerprint density at radius 2 is 2.25 bits per heavy atom. The molecule has 0 aromatic heterocycles. The van der Waals surface area contributed by atoms with Gasteiger partial charge in [0, 0.05) is 19.1 Å². The summed E-state index contributed by atoms with van der Waals surface area (Å²) in [4.78, 5) is 2.30. The van der Waals surface area contributed by atoms with Crippen LogP contribution in [0.1, 0.15) is 17.5 Å². The molecule has 0 saturated carbocycles. The van der Waals surface area contributed by atoms with Crippen LogP contribution in [-0.4, -0.2) is 55.4 Å². The quantitative estimate of drug-likeness (QED) is 0.824. The third kappa shape index (κ3) is 4.47. The van der Waals surface area contributed by atoms with Crippen LogP contribution in [0.2, 0.25) is 0 Å². The van der Waals surface area contributed by atoms with E-state index in [0.29, 0.717) is 19.2 Å². The minimum Gasteiger partial charge on any atom is -0.491 e. The molecule has 1 heterocycles. The molecule has 1 fully saturated rings. The highest BCUT2D eigenvalue weighted by atomic mass is 16.5. The average molecular weight is 278 g/mol. The summed E-state index contributed by atoms with van der Waals surface area (Å²) in [5, 5.41) is 13.4. The predicted molar refractivity (Wildman–Crippen MR) is 81.3 cm³/mol. The van der Waals surface area contributed by atoms with Gasteiger partial charge in [-0.05, 0) is 51.1 Å². The van der Waals surface area contributed by atoms with Gasteiger partial charge in [0.1, 0.15) is 18.5 Å². The van der Waals surface area contributed by atoms with Crippen LogP contribution in [-0.2, 0) is 0 Å². The number of ether oxygens (including phenoxy) is 1. The highest BCUT2D eigenvalue weighted by Gasteiger charge is 2.19. The maximum Gasteiger partial charge on any atom is 0.122 e. The Hall–Kier alpha value is -1.10. The molecule has 1 aliphatic heterocycles. The zero-order valence-corrected chi connectivity index (χ0v) is 12.7. The first-order chi connectivity index (χ1) is 9.54. The van der Waals surface area contributed by atoms with Gasteiger partial charge in [-0.15, -0.1) is 0 Å². The summed E-state index contributed by atoms with van der Waals surface area (Å²) in [6.07, 6.45) is 0.682. The van der Waals surface area contributed by atoms with Gasteiger partial charge in [-0.2, -0.15) is 0 Å². The van der Waals surface area contributed by atoms with Gasteiger partial charge in [0.05, 0.1) is 0 Å². The molecule has 1 saturated heterocycles. The highest BCUT2D eigenvalue weighted by molar-refractivity contribution is 5.35. The summed E-state index contributed by atoms with van der Waals surface area (Å²) >= 11 is 0. The lowest BCUT2D eigenvalue weighted by Gasteiger charge is -2.18. The number of aliphatic hydroxyl groups excluding tert-OH is 1. The second-order valence-electron chi connectivity index (χ2n) is 5.89. The Labute approximate surface area is 121 Å². The number of hydrogen-bond donors (Lipinski definition) is 2. The molecule has 0 spiro atoms. The van der Waals surface area contributed by atoms with Gasteiger partial charge in [0.2, 0.25) is 0 Å². The monoisotopic (exact) mass is 278 g/mol. The molecule has 4 nitrogen and oxygen atoms in total. The van der Waals surface area contributed by atoms with E-state index in [-0.39, 0.29) is 0 Å². The number of hydrogen-bond acceptors (Lipinski definition) is 4. The summed E-state index contributed by atoms with van der Waals surface area (Å²) in [7, 11) is 2.13. The van der Waals surface area contributed by atoms with E-state index in [0.717, 1.165) is 30.8 Å². The maximum atomic E-state index is 10.00. The maximum absolute atomic E-state index is 10.00. The third-order valence-corrected chi connectivity index (χ3v) is 3.81. The summed E-state index contributed by atoms with van der Waals surface area (Å²) in [5.74, 6) is 0.865. The van der Waals surface area contributed by atoms with Crippen LogP contribution < -0.4 is 10.1 Å². The van der Waals surface area contributed by atoms with Gasteiger partial charge in [-0.1, -0.05) is 12.1 Å². The fourth-order valence-corrected chi connectivity index (χ4v) is 2.51. The van der Waals surface area contributed by atoms with E-state index >= 15 is 0 Å². The molecule has 0 amide bonds. The fourth-order valence-electron chi connectivity index (χ4n) is 2.51. The van der Waals surface area contributed by atoms with E-state index in [2.05, 4.69) is 23.3 Å². The summed E-state index contributed by atoms with van der Waals surface area (Å²) in [6.45, 7) is 7.18. The summed E-state index contributed by atoms with van der Waals surface area (Å²) in [5.41, 5.74) is 2.28. The van der Waals surface area contributed by atoms with Gasteiger partial charge in [-0.3, -0.25) is 0 Å². The average Bonchev–Trinajstić information content (AvgIpc) is 2.83. The van der Waals surface area contributed by atoms with Gasteiger partial charge in [0.15, 0.2) is 0 Å². The smallest absolute Gasteiger partial charge is 0.122 e. The molecular formula is C16H26N2O2. The lowest BCUT2D eigenvalue weighted by atomic mass is 10.1. The van der Waals surface area contributed by atoms with E-state index in [1.54, 1.807) is 0 Å². The number of benzene rings is 1. The largest absolute Gasteiger partial charge is 0.491 e. The Morgan fingerprint density at radius 1 is 1.45 bits per heavy atom. The molecule has 4 heteroatoms. The van der Waals surface area contributed by atoms with E-state index in [4.69, 9.17) is 4.74 Å². The Kier molecular flexibility index (Phi) is 5.40. The van der Waals surface area contributed by atoms with Crippen molar-refractivity contribution in [1.29, 1.82) is 0 Å². The second kappa shape index (κ2) is 7.07. The van der Waals surface area contributed by atoms with Crippen LogP contribution in [0.3, 0.4) is 0 Å².